The first-order valence-electron chi connectivity index (χ1n) is 9.46. The van der Waals surface area contributed by atoms with Crippen molar-refractivity contribution in [1.29, 1.82) is 0 Å². The Bertz CT molecular complexity index is 525. The van der Waals surface area contributed by atoms with Gasteiger partial charge in [-0.15, -0.1) is 0 Å². The number of hydrogen-bond donors (Lipinski definition) is 3. The molecule has 0 saturated carbocycles. The van der Waals surface area contributed by atoms with Crippen LogP contribution in [0.2, 0.25) is 0 Å². The number of nitrogens with one attached hydrogen (secondary N) is 2. The monoisotopic (exact) mass is 381 g/mol. The maximum atomic E-state index is 11.9. The van der Waals surface area contributed by atoms with E-state index in [9.17, 15) is 9.59 Å². The van der Waals surface area contributed by atoms with Crippen molar-refractivity contribution in [2.75, 3.05) is 13.2 Å². The highest BCUT2D eigenvalue weighted by Gasteiger charge is 2.18. The molecule has 0 rings (SSSR count). The van der Waals surface area contributed by atoms with Gasteiger partial charge in [0, 0.05) is 0 Å². The minimum absolute atomic E-state index is 0.0147. The summed E-state index contributed by atoms with van der Waals surface area (Å²) in [6.45, 7) is 21.2. The third kappa shape index (κ3) is 12.8. The van der Waals surface area contributed by atoms with Crippen molar-refractivity contribution in [1.82, 2.24) is 10.6 Å². The Kier molecular flexibility index (Phi) is 15.1. The molecule has 0 aliphatic carbocycles. The molecule has 2 atom stereocenters. The molecule has 0 aromatic carbocycles. The first-order valence-corrected chi connectivity index (χ1v) is 9.46. The number of carbonyl (C=O) groups excluding carboxylic acids is 2. The quantitative estimate of drug-likeness (QED) is 0.400. The molecule has 0 aliphatic heterocycles. The number of rotatable bonds is 10. The molecule has 0 bridgehead atoms. The minimum Gasteiger partial charge on any atom is -0.491 e. The lowest BCUT2D eigenvalue weighted by atomic mass is 10.1. The van der Waals surface area contributed by atoms with E-state index >= 15 is 0 Å². The number of hydrogen-bond acceptors (Lipinski definition) is 4. The fourth-order valence-corrected chi connectivity index (χ4v) is 1.83. The molecule has 0 fully saturated rings. The van der Waals surface area contributed by atoms with Crippen molar-refractivity contribution in [2.24, 2.45) is 11.7 Å². The van der Waals surface area contributed by atoms with Crippen LogP contribution in [0.3, 0.4) is 0 Å². The van der Waals surface area contributed by atoms with Gasteiger partial charge in [0.15, 0.2) is 0 Å². The van der Waals surface area contributed by atoms with Crippen LogP contribution >= 0.6 is 0 Å². The van der Waals surface area contributed by atoms with Crippen LogP contribution < -0.4 is 16.4 Å². The maximum Gasteiger partial charge on any atom is 0.239 e. The Labute approximate surface area is 165 Å². The second kappa shape index (κ2) is 15.0. The van der Waals surface area contributed by atoms with E-state index in [0.717, 1.165) is 11.1 Å². The summed E-state index contributed by atoms with van der Waals surface area (Å²) in [5.41, 5.74) is 7.39. The Morgan fingerprint density at radius 3 is 2.11 bits per heavy atom. The van der Waals surface area contributed by atoms with Crippen molar-refractivity contribution < 1.29 is 14.3 Å². The second-order valence-corrected chi connectivity index (χ2v) is 6.97. The van der Waals surface area contributed by atoms with Crippen LogP contribution in [-0.2, 0) is 14.3 Å². The van der Waals surface area contributed by atoms with Crippen LogP contribution in [0, 0.1) is 5.92 Å². The maximum absolute atomic E-state index is 11.9. The predicted octanol–water partition coefficient (Wildman–Crippen LogP) is 3.06. The molecule has 0 aliphatic rings. The lowest BCUT2D eigenvalue weighted by Crippen LogP contribution is -2.48. The Hall–Kier alpha value is -2.08. The number of allylic oxidation sites excluding steroid dienone is 3. The van der Waals surface area contributed by atoms with E-state index in [1.165, 1.54) is 6.42 Å². The van der Waals surface area contributed by atoms with Crippen LogP contribution in [0.1, 0.15) is 54.9 Å². The van der Waals surface area contributed by atoms with Crippen molar-refractivity contribution in [3.05, 3.63) is 36.1 Å². The van der Waals surface area contributed by atoms with Crippen LogP contribution in [0.15, 0.2) is 36.1 Å². The average molecular weight is 382 g/mol. The summed E-state index contributed by atoms with van der Waals surface area (Å²) in [6.07, 6.45) is 2.95. The number of nitrogens with two attached hydrogens (primary N) is 1. The topological polar surface area (TPSA) is 93.5 Å². The van der Waals surface area contributed by atoms with Gasteiger partial charge in [0.05, 0.1) is 18.6 Å². The summed E-state index contributed by atoms with van der Waals surface area (Å²) in [6, 6.07) is -0.844. The van der Waals surface area contributed by atoms with Crippen molar-refractivity contribution in [2.45, 2.75) is 67.0 Å². The summed E-state index contributed by atoms with van der Waals surface area (Å²) in [5.74, 6) is 0.0537. The van der Waals surface area contributed by atoms with Gasteiger partial charge in [0.25, 0.3) is 0 Å². The summed E-state index contributed by atoms with van der Waals surface area (Å²) < 4.78 is 5.70. The van der Waals surface area contributed by atoms with E-state index in [2.05, 4.69) is 37.6 Å². The molecule has 0 aromatic rings. The molecule has 0 aromatic heterocycles. The van der Waals surface area contributed by atoms with Crippen LogP contribution in [0.5, 0.6) is 0 Å². The molecule has 0 radical (unpaired) electrons. The number of ether oxygens (including phenoxy) is 1. The largest absolute Gasteiger partial charge is 0.491 e. The lowest BCUT2D eigenvalue weighted by Gasteiger charge is -2.19. The first kappa shape index (κ1) is 27.1. The Morgan fingerprint density at radius 2 is 1.70 bits per heavy atom. The van der Waals surface area contributed by atoms with E-state index in [1.54, 1.807) is 6.08 Å². The molecule has 0 heterocycles. The van der Waals surface area contributed by atoms with Gasteiger partial charge < -0.3 is 21.1 Å². The van der Waals surface area contributed by atoms with Gasteiger partial charge in [-0.25, -0.2) is 0 Å². The molecule has 27 heavy (non-hydrogen) atoms. The van der Waals surface area contributed by atoms with E-state index < -0.39 is 6.04 Å². The fraction of sp³-hybridized carbons (Fsp3) is 0.619. The van der Waals surface area contributed by atoms with Crippen molar-refractivity contribution in [3.8, 4) is 0 Å². The van der Waals surface area contributed by atoms with Crippen molar-refractivity contribution in [3.63, 3.8) is 0 Å². The third-order valence-electron chi connectivity index (χ3n) is 3.38. The van der Waals surface area contributed by atoms with Crippen LogP contribution in [-0.4, -0.2) is 37.0 Å². The zero-order chi connectivity index (χ0) is 21.6. The Balaban J connectivity index is 0. The van der Waals surface area contributed by atoms with Gasteiger partial charge in [-0.1, -0.05) is 53.3 Å². The standard InChI is InChI=1S/C18H31N3O3.C3H8/c1-8-13(6)17(12(4)5)24-10-14(7)21-15(22)9-20-18(23)16(19)11(2)3;1-3-2/h8,11,14,16H,1,4,9-10,19H2,2-3,5-7H3,(H,20,23)(H,21,22);3H2,1-2H3/b17-13+;. The normalized spacial score (nSPS) is 13.4. The highest BCUT2D eigenvalue weighted by molar-refractivity contribution is 5.87. The second-order valence-electron chi connectivity index (χ2n) is 6.97. The summed E-state index contributed by atoms with van der Waals surface area (Å²) >= 11 is 0. The molecule has 2 unspecified atom stereocenters. The molecule has 6 nitrogen and oxygen atoms in total. The van der Waals surface area contributed by atoms with Gasteiger partial charge in [-0.2, -0.15) is 0 Å². The third-order valence-corrected chi connectivity index (χ3v) is 3.38. The van der Waals surface area contributed by atoms with E-state index in [4.69, 9.17) is 10.5 Å². The molecular weight excluding hydrogens is 342 g/mol. The first-order chi connectivity index (χ1) is 12.5. The van der Waals surface area contributed by atoms with Gasteiger partial charge in [0.1, 0.15) is 12.4 Å². The van der Waals surface area contributed by atoms with Crippen molar-refractivity contribution >= 4 is 11.8 Å². The van der Waals surface area contributed by atoms with Gasteiger partial charge in [-0.05, 0) is 37.8 Å². The number of amides is 2. The van der Waals surface area contributed by atoms with E-state index in [0.29, 0.717) is 12.4 Å². The predicted molar refractivity (Wildman–Crippen MR) is 113 cm³/mol. The molecular formula is C21H39N3O3. The van der Waals surface area contributed by atoms with Crippen LogP contribution in [0.25, 0.3) is 0 Å². The smallest absolute Gasteiger partial charge is 0.239 e. The molecule has 0 spiro atoms. The van der Waals surface area contributed by atoms with Gasteiger partial charge in [0.2, 0.25) is 11.8 Å². The van der Waals surface area contributed by atoms with E-state index in [1.807, 2.05) is 34.6 Å². The molecule has 4 N–H and O–H groups in total. The highest BCUT2D eigenvalue weighted by atomic mass is 16.5. The van der Waals surface area contributed by atoms with E-state index in [-0.39, 0.29) is 30.3 Å². The summed E-state index contributed by atoms with van der Waals surface area (Å²) in [7, 11) is 0. The zero-order valence-corrected chi connectivity index (χ0v) is 18.1. The fourth-order valence-electron chi connectivity index (χ4n) is 1.83. The van der Waals surface area contributed by atoms with Gasteiger partial charge >= 0.3 is 0 Å². The number of carbonyl (C=O) groups is 2. The molecule has 6 heteroatoms. The summed E-state index contributed by atoms with van der Waals surface area (Å²) in [5, 5.41) is 5.28. The SMILES string of the molecule is C=C/C(C)=C(/OCC(C)NC(=O)CNC(=O)C(N)C(C)C)C(=C)C.CCC. The highest BCUT2D eigenvalue weighted by Crippen LogP contribution is 2.15. The minimum atomic E-state index is -0.622. The Morgan fingerprint density at radius 1 is 1.19 bits per heavy atom. The molecule has 0 saturated heterocycles. The van der Waals surface area contributed by atoms with Gasteiger partial charge in [-0.3, -0.25) is 9.59 Å². The average Bonchev–Trinajstić information content (AvgIpc) is 2.58. The summed E-state index contributed by atoms with van der Waals surface area (Å²) in [4.78, 5) is 23.6. The molecule has 156 valence electrons. The lowest BCUT2D eigenvalue weighted by molar-refractivity contribution is -0.127. The molecule has 2 amide bonds. The zero-order valence-electron chi connectivity index (χ0n) is 18.1. The van der Waals surface area contributed by atoms with Crippen LogP contribution in [0.4, 0.5) is 0 Å².